The third kappa shape index (κ3) is 27.7. The van der Waals surface area contributed by atoms with Gasteiger partial charge in [0.1, 0.15) is 12.7 Å². The molecule has 2 unspecified atom stereocenters. The first-order valence-electron chi connectivity index (χ1n) is 18.4. The van der Waals surface area contributed by atoms with Gasteiger partial charge in [-0.05, 0) is 59.2 Å². The van der Waals surface area contributed by atoms with Gasteiger partial charge in [-0.25, -0.2) is 0 Å². The maximum atomic E-state index is 13.1. The Morgan fingerprint density at radius 2 is 1.00 bits per heavy atom. The van der Waals surface area contributed by atoms with E-state index in [1.807, 2.05) is 0 Å². The molecule has 250 valence electrons. The molecule has 2 atom stereocenters. The Labute approximate surface area is 262 Å². The molecule has 0 aliphatic rings. The maximum absolute atomic E-state index is 13.1. The number of unbranched alkanes of at least 4 members (excludes halogenated alkanes) is 18. The second kappa shape index (κ2) is 31.3. The Morgan fingerprint density at radius 1 is 0.548 bits per heavy atom. The molecule has 5 heteroatoms. The van der Waals surface area contributed by atoms with Crippen molar-refractivity contribution >= 4 is 11.9 Å². The quantitative estimate of drug-likeness (QED) is 0.0572. The minimum atomic E-state index is -0.320. The number of carbonyl (C=O) groups is 2. The molecular formula is C37H73NO4. The highest BCUT2D eigenvalue weighted by atomic mass is 16.6. The van der Waals surface area contributed by atoms with E-state index >= 15 is 0 Å². The lowest BCUT2D eigenvalue weighted by atomic mass is 9.95. The fourth-order valence-corrected chi connectivity index (χ4v) is 5.63. The summed E-state index contributed by atoms with van der Waals surface area (Å²) in [7, 11) is 4.11. The van der Waals surface area contributed by atoms with Crippen molar-refractivity contribution in [3.63, 3.8) is 0 Å². The molecule has 0 bridgehead atoms. The van der Waals surface area contributed by atoms with Crippen LogP contribution in [0.5, 0.6) is 0 Å². The van der Waals surface area contributed by atoms with Crippen LogP contribution < -0.4 is 0 Å². The standard InChI is InChI=1S/C37H73NO4/c1-6-9-12-14-16-18-19-21-23-25-30-35(42-36(39)31-26-27-32-38(4)5)33-41-37(40)34(28-11-8-3)29-24-22-20-17-15-13-10-7-2/h34-35H,6-33H2,1-5H3. The number of hydrogen-bond donors (Lipinski definition) is 0. The smallest absolute Gasteiger partial charge is 0.309 e. The summed E-state index contributed by atoms with van der Waals surface area (Å²) in [5, 5.41) is 0. The Morgan fingerprint density at radius 3 is 1.50 bits per heavy atom. The first kappa shape index (κ1) is 40.9. The van der Waals surface area contributed by atoms with E-state index in [1.165, 1.54) is 96.3 Å². The van der Waals surface area contributed by atoms with Crippen LogP contribution in [0, 0.1) is 5.92 Å². The predicted molar refractivity (Wildman–Crippen MR) is 180 cm³/mol. The Bertz CT molecular complexity index is 594. The van der Waals surface area contributed by atoms with Crippen LogP contribution >= 0.6 is 0 Å². The molecule has 0 spiro atoms. The molecule has 0 aliphatic carbocycles. The van der Waals surface area contributed by atoms with Crippen molar-refractivity contribution in [3.05, 3.63) is 0 Å². The van der Waals surface area contributed by atoms with Crippen LogP contribution in [-0.2, 0) is 19.1 Å². The van der Waals surface area contributed by atoms with Gasteiger partial charge < -0.3 is 14.4 Å². The van der Waals surface area contributed by atoms with Gasteiger partial charge in [-0.1, -0.05) is 143 Å². The monoisotopic (exact) mass is 596 g/mol. The number of ether oxygens (including phenoxy) is 2. The van der Waals surface area contributed by atoms with Gasteiger partial charge in [0, 0.05) is 6.42 Å². The van der Waals surface area contributed by atoms with Gasteiger partial charge in [0.25, 0.3) is 0 Å². The Kier molecular flexibility index (Phi) is 30.5. The van der Waals surface area contributed by atoms with Crippen molar-refractivity contribution in [1.82, 2.24) is 4.90 Å². The minimum absolute atomic E-state index is 0.0234. The van der Waals surface area contributed by atoms with Crippen molar-refractivity contribution in [2.24, 2.45) is 5.92 Å². The normalized spacial score (nSPS) is 12.9. The molecule has 0 fully saturated rings. The summed E-state index contributed by atoms with van der Waals surface area (Å²) >= 11 is 0. The van der Waals surface area contributed by atoms with Gasteiger partial charge in [-0.3, -0.25) is 9.59 Å². The van der Waals surface area contributed by atoms with Crippen LogP contribution in [-0.4, -0.2) is 50.2 Å². The summed E-state index contributed by atoms with van der Waals surface area (Å²) in [6.07, 6.45) is 29.6. The molecule has 0 saturated carbocycles. The molecular weight excluding hydrogens is 522 g/mol. The van der Waals surface area contributed by atoms with Crippen molar-refractivity contribution < 1.29 is 19.1 Å². The lowest BCUT2D eigenvalue weighted by Crippen LogP contribution is -2.28. The molecule has 0 aromatic heterocycles. The molecule has 0 N–H and O–H groups in total. The second-order valence-corrected chi connectivity index (χ2v) is 13.1. The summed E-state index contributed by atoms with van der Waals surface area (Å²) in [5.41, 5.74) is 0. The SMILES string of the molecule is CCCCCCCCCCCCC(COC(=O)C(CCCC)CCCCCCCCCC)OC(=O)CCCCN(C)C. The van der Waals surface area contributed by atoms with Crippen LogP contribution in [0.15, 0.2) is 0 Å². The van der Waals surface area contributed by atoms with E-state index in [-0.39, 0.29) is 30.6 Å². The minimum Gasteiger partial charge on any atom is -0.462 e. The van der Waals surface area contributed by atoms with Crippen LogP contribution in [0.25, 0.3) is 0 Å². The molecule has 0 rings (SSSR count). The Hall–Kier alpha value is -1.10. The number of hydrogen-bond acceptors (Lipinski definition) is 5. The summed E-state index contributed by atoms with van der Waals surface area (Å²) in [5.74, 6) is -0.255. The van der Waals surface area contributed by atoms with E-state index in [0.717, 1.165) is 70.8 Å². The van der Waals surface area contributed by atoms with Crippen molar-refractivity contribution in [1.29, 1.82) is 0 Å². The van der Waals surface area contributed by atoms with E-state index in [4.69, 9.17) is 9.47 Å². The Balaban J connectivity index is 4.63. The van der Waals surface area contributed by atoms with E-state index in [1.54, 1.807) is 0 Å². The molecule has 5 nitrogen and oxygen atoms in total. The first-order valence-corrected chi connectivity index (χ1v) is 18.4. The zero-order valence-electron chi connectivity index (χ0n) is 29.0. The highest BCUT2D eigenvalue weighted by Gasteiger charge is 2.22. The number of carbonyl (C=O) groups excluding carboxylic acids is 2. The van der Waals surface area contributed by atoms with Gasteiger partial charge in [-0.15, -0.1) is 0 Å². The van der Waals surface area contributed by atoms with Crippen LogP contribution in [0.1, 0.15) is 188 Å². The molecule has 0 aliphatic heterocycles. The fourth-order valence-electron chi connectivity index (χ4n) is 5.63. The van der Waals surface area contributed by atoms with Gasteiger partial charge in [0.15, 0.2) is 0 Å². The maximum Gasteiger partial charge on any atom is 0.309 e. The lowest BCUT2D eigenvalue weighted by Gasteiger charge is -2.21. The third-order valence-corrected chi connectivity index (χ3v) is 8.47. The summed E-state index contributed by atoms with van der Waals surface area (Å²) in [6.45, 7) is 7.89. The van der Waals surface area contributed by atoms with Crippen LogP contribution in [0.3, 0.4) is 0 Å². The predicted octanol–water partition coefficient (Wildman–Crippen LogP) is 10.8. The summed E-state index contributed by atoms with van der Waals surface area (Å²) < 4.78 is 11.7. The molecule has 42 heavy (non-hydrogen) atoms. The first-order chi connectivity index (χ1) is 20.4. The highest BCUT2D eigenvalue weighted by molar-refractivity contribution is 5.72. The zero-order chi connectivity index (χ0) is 31.1. The topological polar surface area (TPSA) is 55.8 Å². The van der Waals surface area contributed by atoms with E-state index in [2.05, 4.69) is 39.8 Å². The zero-order valence-corrected chi connectivity index (χ0v) is 29.0. The van der Waals surface area contributed by atoms with Crippen molar-refractivity contribution in [3.8, 4) is 0 Å². The van der Waals surface area contributed by atoms with Crippen molar-refractivity contribution in [2.75, 3.05) is 27.2 Å². The van der Waals surface area contributed by atoms with Gasteiger partial charge in [0.2, 0.25) is 0 Å². The highest BCUT2D eigenvalue weighted by Crippen LogP contribution is 2.21. The largest absolute Gasteiger partial charge is 0.462 e. The third-order valence-electron chi connectivity index (χ3n) is 8.47. The number of rotatable bonds is 32. The van der Waals surface area contributed by atoms with E-state index in [9.17, 15) is 9.59 Å². The van der Waals surface area contributed by atoms with Crippen LogP contribution in [0.4, 0.5) is 0 Å². The molecule has 0 saturated heterocycles. The molecule has 0 aromatic rings. The lowest BCUT2D eigenvalue weighted by molar-refractivity contribution is -0.162. The van der Waals surface area contributed by atoms with Gasteiger partial charge in [0.05, 0.1) is 5.92 Å². The number of esters is 2. The fraction of sp³-hybridized carbons (Fsp3) is 0.946. The van der Waals surface area contributed by atoms with Gasteiger partial charge in [-0.2, -0.15) is 0 Å². The summed E-state index contributed by atoms with van der Waals surface area (Å²) in [4.78, 5) is 27.9. The van der Waals surface area contributed by atoms with E-state index < -0.39 is 0 Å². The average molecular weight is 596 g/mol. The molecule has 0 heterocycles. The molecule has 0 radical (unpaired) electrons. The summed E-state index contributed by atoms with van der Waals surface area (Å²) in [6, 6.07) is 0. The van der Waals surface area contributed by atoms with Crippen molar-refractivity contribution in [2.45, 2.75) is 194 Å². The molecule has 0 amide bonds. The van der Waals surface area contributed by atoms with Gasteiger partial charge >= 0.3 is 11.9 Å². The van der Waals surface area contributed by atoms with Crippen LogP contribution in [0.2, 0.25) is 0 Å². The second-order valence-electron chi connectivity index (χ2n) is 13.1. The molecule has 0 aromatic carbocycles. The average Bonchev–Trinajstić information content (AvgIpc) is 2.97. The number of nitrogens with zero attached hydrogens (tertiary/aromatic N) is 1. The van der Waals surface area contributed by atoms with E-state index in [0.29, 0.717) is 6.42 Å².